The van der Waals surface area contributed by atoms with Crippen molar-refractivity contribution < 1.29 is 28.7 Å². The zero-order valence-corrected chi connectivity index (χ0v) is 12.4. The second-order valence-corrected chi connectivity index (χ2v) is 5.42. The molecular weight excluding hydrogens is 294 g/mol. The van der Waals surface area contributed by atoms with Crippen LogP contribution in [0.15, 0.2) is 0 Å². The summed E-state index contributed by atoms with van der Waals surface area (Å²) in [6, 6.07) is 0. The molecule has 0 radical (unpaired) electrons. The average Bonchev–Trinajstić information content (AvgIpc) is 2.41. The summed E-state index contributed by atoms with van der Waals surface area (Å²) < 4.78 is 8.91. The van der Waals surface area contributed by atoms with Gasteiger partial charge in [-0.2, -0.15) is 0 Å². The van der Waals surface area contributed by atoms with Crippen LogP contribution in [0.5, 0.6) is 0 Å². The minimum Gasteiger partial charge on any atom is -0.391 e. The first-order valence-electron chi connectivity index (χ1n) is 7.02. The van der Waals surface area contributed by atoms with Crippen molar-refractivity contribution in [3.8, 4) is 0 Å². The number of nitrogens with zero attached hydrogens (tertiary/aromatic N) is 3. The molecule has 0 saturated carbocycles. The van der Waals surface area contributed by atoms with E-state index in [1.54, 1.807) is 9.80 Å². The van der Waals surface area contributed by atoms with Crippen LogP contribution in [0.1, 0.15) is 0 Å². The van der Waals surface area contributed by atoms with Gasteiger partial charge in [0.15, 0.2) is 0 Å². The molecule has 2 heterocycles. The van der Waals surface area contributed by atoms with Gasteiger partial charge in [-0.25, -0.2) is 0 Å². The van der Waals surface area contributed by atoms with Gasteiger partial charge in [-0.05, 0) is 7.05 Å². The number of hydrogen-bond acceptors (Lipinski definition) is 9. The second-order valence-electron chi connectivity index (χ2n) is 5.42. The Balaban J connectivity index is 1.66. The molecular formula is C13H19N3O6. The third kappa shape index (κ3) is 5.17. The zero-order valence-electron chi connectivity index (χ0n) is 12.4. The normalized spacial score (nSPS) is 21.2. The Morgan fingerprint density at radius 2 is 1.09 bits per heavy atom. The maximum absolute atomic E-state index is 11.1. The fraction of sp³-hybridized carbons (Fsp3) is 0.692. The monoisotopic (exact) mass is 313 g/mol. The Bertz CT molecular complexity index is 406. The zero-order chi connectivity index (χ0) is 16.1. The molecule has 2 fully saturated rings. The number of morpholine rings is 2. The third-order valence-corrected chi connectivity index (χ3v) is 3.46. The molecule has 0 aliphatic carbocycles. The predicted molar refractivity (Wildman–Crippen MR) is 72.6 cm³/mol. The van der Waals surface area contributed by atoms with Gasteiger partial charge in [-0.15, -0.1) is 0 Å². The van der Waals surface area contributed by atoms with Crippen LogP contribution in [-0.2, 0) is 28.7 Å². The minimum absolute atomic E-state index is 0.117. The van der Waals surface area contributed by atoms with Gasteiger partial charge in [0.05, 0.1) is 26.2 Å². The van der Waals surface area contributed by atoms with Crippen molar-refractivity contribution in [1.82, 2.24) is 14.7 Å². The Kier molecular flexibility index (Phi) is 5.58. The Labute approximate surface area is 127 Å². The van der Waals surface area contributed by atoms with E-state index in [1.807, 2.05) is 11.9 Å². The van der Waals surface area contributed by atoms with Gasteiger partial charge < -0.3 is 14.4 Å². The van der Waals surface area contributed by atoms with E-state index in [0.717, 1.165) is 0 Å². The van der Waals surface area contributed by atoms with Crippen molar-refractivity contribution >= 4 is 23.9 Å². The lowest BCUT2D eigenvalue weighted by atomic mass is 10.3. The number of cyclic esters (lactones) is 4. The number of esters is 4. The van der Waals surface area contributed by atoms with Crippen molar-refractivity contribution in [2.45, 2.75) is 0 Å². The minimum atomic E-state index is -0.524. The number of hydrogen-bond donors (Lipinski definition) is 0. The molecule has 9 nitrogen and oxygen atoms in total. The first-order valence-corrected chi connectivity index (χ1v) is 7.02. The van der Waals surface area contributed by atoms with Crippen molar-refractivity contribution in [3.63, 3.8) is 0 Å². The highest BCUT2D eigenvalue weighted by atomic mass is 16.6. The molecule has 2 saturated heterocycles. The summed E-state index contributed by atoms with van der Waals surface area (Å²) in [5.74, 6) is -2.10. The molecule has 0 aromatic rings. The average molecular weight is 313 g/mol. The van der Waals surface area contributed by atoms with E-state index in [-0.39, 0.29) is 26.2 Å². The molecule has 0 amide bonds. The van der Waals surface area contributed by atoms with Crippen LogP contribution >= 0.6 is 0 Å². The first kappa shape index (κ1) is 16.5. The van der Waals surface area contributed by atoms with E-state index in [2.05, 4.69) is 9.47 Å². The number of carbonyl (C=O) groups is 4. The molecule has 0 aromatic carbocycles. The third-order valence-electron chi connectivity index (χ3n) is 3.46. The fourth-order valence-corrected chi connectivity index (χ4v) is 2.28. The van der Waals surface area contributed by atoms with Crippen LogP contribution in [0.2, 0.25) is 0 Å². The van der Waals surface area contributed by atoms with Gasteiger partial charge in [0, 0.05) is 26.2 Å². The van der Waals surface area contributed by atoms with Crippen LogP contribution < -0.4 is 0 Å². The van der Waals surface area contributed by atoms with Gasteiger partial charge >= 0.3 is 23.9 Å². The molecule has 2 aliphatic rings. The molecule has 9 heteroatoms. The highest BCUT2D eigenvalue weighted by molar-refractivity contribution is 5.90. The van der Waals surface area contributed by atoms with Crippen LogP contribution in [-0.4, -0.2) is 98.0 Å². The molecule has 0 aromatic heterocycles. The number of rotatable bonds is 6. The molecule has 122 valence electrons. The van der Waals surface area contributed by atoms with E-state index in [0.29, 0.717) is 26.2 Å². The van der Waals surface area contributed by atoms with Crippen molar-refractivity contribution in [3.05, 3.63) is 0 Å². The quantitative estimate of drug-likeness (QED) is 0.396. The van der Waals surface area contributed by atoms with Gasteiger partial charge in [0.1, 0.15) is 0 Å². The van der Waals surface area contributed by atoms with Crippen molar-refractivity contribution in [2.75, 3.05) is 59.4 Å². The SMILES string of the molecule is CN(CCN1CC(=O)OC(=O)C1)CCN1CC(=O)OC(=O)C1. The molecule has 0 atom stereocenters. The second kappa shape index (κ2) is 7.43. The predicted octanol–water partition coefficient (Wildman–Crippen LogP) is -2.31. The summed E-state index contributed by atoms with van der Waals surface area (Å²) in [4.78, 5) is 50.0. The standard InChI is InChI=1S/C13H19N3O6/c1-14(2-4-15-6-10(17)21-11(18)7-15)3-5-16-8-12(19)22-13(20)9-16/h2-9H2,1H3. The number of likely N-dealkylation sites (N-methyl/N-ethyl adjacent to an activating group) is 1. The molecule has 0 unspecified atom stereocenters. The molecule has 22 heavy (non-hydrogen) atoms. The summed E-state index contributed by atoms with van der Waals surface area (Å²) in [5.41, 5.74) is 0. The van der Waals surface area contributed by atoms with Gasteiger partial charge in [-0.1, -0.05) is 0 Å². The van der Waals surface area contributed by atoms with Gasteiger partial charge in [0.25, 0.3) is 0 Å². The van der Waals surface area contributed by atoms with Crippen LogP contribution in [0, 0.1) is 0 Å². The lowest BCUT2D eigenvalue weighted by Crippen LogP contribution is -2.47. The lowest BCUT2D eigenvalue weighted by molar-refractivity contribution is -0.168. The summed E-state index contributed by atoms with van der Waals surface area (Å²) in [6.45, 7) is 2.92. The topological polar surface area (TPSA) is 96.5 Å². The molecule has 0 bridgehead atoms. The molecule has 2 rings (SSSR count). The maximum atomic E-state index is 11.1. The van der Waals surface area contributed by atoms with Crippen molar-refractivity contribution in [1.29, 1.82) is 0 Å². The summed E-state index contributed by atoms with van der Waals surface area (Å²) in [7, 11) is 1.90. The van der Waals surface area contributed by atoms with Crippen LogP contribution in [0.25, 0.3) is 0 Å². The van der Waals surface area contributed by atoms with Crippen LogP contribution in [0.3, 0.4) is 0 Å². The number of ether oxygens (including phenoxy) is 2. The number of carbonyl (C=O) groups excluding carboxylic acids is 4. The van der Waals surface area contributed by atoms with E-state index in [1.165, 1.54) is 0 Å². The molecule has 0 N–H and O–H groups in total. The summed E-state index contributed by atoms with van der Waals surface area (Å²) in [6.07, 6.45) is 0. The highest BCUT2D eigenvalue weighted by Gasteiger charge is 2.26. The Morgan fingerprint density at radius 3 is 1.41 bits per heavy atom. The summed E-state index contributed by atoms with van der Waals surface area (Å²) in [5, 5.41) is 0. The van der Waals surface area contributed by atoms with Crippen LogP contribution in [0.4, 0.5) is 0 Å². The Hall–Kier alpha value is -1.84. The largest absolute Gasteiger partial charge is 0.391 e. The van der Waals surface area contributed by atoms with E-state index >= 15 is 0 Å². The molecule has 2 aliphatic heterocycles. The van der Waals surface area contributed by atoms with Gasteiger partial charge in [-0.3, -0.25) is 29.0 Å². The van der Waals surface area contributed by atoms with E-state index in [9.17, 15) is 19.2 Å². The summed E-state index contributed by atoms with van der Waals surface area (Å²) >= 11 is 0. The lowest BCUT2D eigenvalue weighted by Gasteiger charge is -2.28. The Morgan fingerprint density at radius 1 is 0.773 bits per heavy atom. The first-order chi connectivity index (χ1) is 10.4. The van der Waals surface area contributed by atoms with Gasteiger partial charge in [0.2, 0.25) is 0 Å². The maximum Gasteiger partial charge on any atom is 0.327 e. The molecule has 0 spiro atoms. The fourth-order valence-electron chi connectivity index (χ4n) is 2.28. The van der Waals surface area contributed by atoms with Crippen molar-refractivity contribution in [2.24, 2.45) is 0 Å². The van der Waals surface area contributed by atoms with E-state index in [4.69, 9.17) is 0 Å². The highest BCUT2D eigenvalue weighted by Crippen LogP contribution is 2.02. The smallest absolute Gasteiger partial charge is 0.327 e. The van der Waals surface area contributed by atoms with E-state index < -0.39 is 23.9 Å².